The Hall–Kier alpha value is -2.05. The number of carbonyl (C=O) groups excluding carboxylic acids is 1. The maximum Gasteiger partial charge on any atom is 0.332 e. The molecular formula is C9H13N3O4. The zero-order chi connectivity index (χ0) is 12.5. The highest BCUT2D eigenvalue weighted by atomic mass is 16.7. The van der Waals surface area contributed by atoms with Gasteiger partial charge in [-0.1, -0.05) is 0 Å². The van der Waals surface area contributed by atoms with Gasteiger partial charge in [0.2, 0.25) is 0 Å². The van der Waals surface area contributed by atoms with Crippen molar-refractivity contribution in [3.8, 4) is 0 Å². The van der Waals surface area contributed by atoms with Crippen LogP contribution in [-0.2, 0) is 23.7 Å². The lowest BCUT2D eigenvalue weighted by atomic mass is 10.3. The molecule has 0 bridgehead atoms. The first-order valence-corrected chi connectivity index (χ1v) is 4.56. The van der Waals surface area contributed by atoms with Crippen LogP contribution in [0.1, 0.15) is 12.5 Å². The Balaban J connectivity index is 3.35. The molecule has 7 nitrogen and oxygen atoms in total. The van der Waals surface area contributed by atoms with Crippen molar-refractivity contribution < 1.29 is 9.63 Å². The topological polar surface area (TPSA) is 82.3 Å². The molecule has 1 heterocycles. The number of hydrogen-bond acceptors (Lipinski definition) is 5. The molecule has 0 aromatic carbocycles. The van der Waals surface area contributed by atoms with Gasteiger partial charge in [0.15, 0.2) is 5.82 Å². The van der Waals surface area contributed by atoms with Gasteiger partial charge in [-0.25, -0.2) is 10.3 Å². The Bertz CT molecular complexity index is 504. The summed E-state index contributed by atoms with van der Waals surface area (Å²) in [5.41, 5.74) is 1.66. The van der Waals surface area contributed by atoms with Crippen molar-refractivity contribution in [2.75, 3.05) is 5.48 Å². The molecule has 0 aliphatic rings. The SMILES string of the molecule is CC(=O)ONc1c(C)c(=O)n(C)c(=O)n1C. The van der Waals surface area contributed by atoms with Crippen LogP contribution in [0.15, 0.2) is 9.59 Å². The summed E-state index contributed by atoms with van der Waals surface area (Å²) in [6.45, 7) is 2.75. The Labute approximate surface area is 91.2 Å². The molecule has 0 saturated carbocycles. The molecule has 0 unspecified atom stereocenters. The number of aromatic nitrogens is 2. The average Bonchev–Trinajstić information content (AvgIpc) is 2.23. The van der Waals surface area contributed by atoms with E-state index < -0.39 is 17.2 Å². The fraction of sp³-hybridized carbons (Fsp3) is 0.444. The van der Waals surface area contributed by atoms with Crippen LogP contribution < -0.4 is 16.7 Å². The molecule has 0 atom stereocenters. The molecule has 1 aromatic heterocycles. The Morgan fingerprint density at radius 2 is 1.81 bits per heavy atom. The largest absolute Gasteiger partial charge is 0.342 e. The monoisotopic (exact) mass is 227 g/mol. The molecule has 16 heavy (non-hydrogen) atoms. The number of carbonyl (C=O) groups is 1. The third-order valence-corrected chi connectivity index (χ3v) is 2.18. The van der Waals surface area contributed by atoms with Crippen molar-refractivity contribution >= 4 is 11.8 Å². The second kappa shape index (κ2) is 4.21. The van der Waals surface area contributed by atoms with Gasteiger partial charge in [0.1, 0.15) is 0 Å². The van der Waals surface area contributed by atoms with E-state index in [1.165, 1.54) is 32.5 Å². The molecule has 7 heteroatoms. The van der Waals surface area contributed by atoms with Gasteiger partial charge in [-0.15, -0.1) is 0 Å². The molecule has 0 fully saturated rings. The van der Waals surface area contributed by atoms with E-state index in [1.54, 1.807) is 0 Å². The molecule has 0 amide bonds. The van der Waals surface area contributed by atoms with Gasteiger partial charge in [-0.3, -0.25) is 18.7 Å². The van der Waals surface area contributed by atoms with Crippen LogP contribution in [-0.4, -0.2) is 15.1 Å². The van der Waals surface area contributed by atoms with E-state index in [0.717, 1.165) is 4.57 Å². The minimum absolute atomic E-state index is 0.170. The van der Waals surface area contributed by atoms with Crippen molar-refractivity contribution in [1.29, 1.82) is 0 Å². The summed E-state index contributed by atoms with van der Waals surface area (Å²) >= 11 is 0. The van der Waals surface area contributed by atoms with E-state index >= 15 is 0 Å². The minimum Gasteiger partial charge on any atom is -0.342 e. The molecule has 0 aliphatic heterocycles. The van der Waals surface area contributed by atoms with Crippen LogP contribution >= 0.6 is 0 Å². The van der Waals surface area contributed by atoms with Crippen LogP contribution in [0, 0.1) is 6.92 Å². The zero-order valence-corrected chi connectivity index (χ0v) is 9.53. The van der Waals surface area contributed by atoms with Crippen molar-refractivity contribution in [3.05, 3.63) is 26.4 Å². The molecule has 0 spiro atoms. The molecule has 0 radical (unpaired) electrons. The number of nitrogens with zero attached hydrogens (tertiary/aromatic N) is 2. The maximum atomic E-state index is 11.6. The van der Waals surface area contributed by atoms with Gasteiger partial charge in [0.05, 0.1) is 5.56 Å². The van der Waals surface area contributed by atoms with Crippen LogP contribution in [0.5, 0.6) is 0 Å². The number of anilines is 1. The predicted molar refractivity (Wildman–Crippen MR) is 57.0 cm³/mol. The normalized spacial score (nSPS) is 10.0. The summed E-state index contributed by atoms with van der Waals surface area (Å²) in [6.07, 6.45) is 0. The molecule has 0 aliphatic carbocycles. The summed E-state index contributed by atoms with van der Waals surface area (Å²) in [6, 6.07) is 0. The standard InChI is InChI=1S/C9H13N3O4/c1-5-7(10-16-6(2)13)11(3)9(15)12(4)8(5)14/h10H,1-4H3. The highest BCUT2D eigenvalue weighted by Gasteiger charge is 2.12. The maximum absolute atomic E-state index is 11.6. The summed E-state index contributed by atoms with van der Waals surface area (Å²) in [5.74, 6) is -0.393. The van der Waals surface area contributed by atoms with Crippen molar-refractivity contribution in [2.45, 2.75) is 13.8 Å². The summed E-state index contributed by atoms with van der Waals surface area (Å²) < 4.78 is 2.17. The Morgan fingerprint density at radius 1 is 1.25 bits per heavy atom. The van der Waals surface area contributed by atoms with E-state index in [0.29, 0.717) is 5.56 Å². The zero-order valence-electron chi connectivity index (χ0n) is 9.53. The Kier molecular flexibility index (Phi) is 3.17. The molecule has 1 rings (SSSR count). The summed E-state index contributed by atoms with van der Waals surface area (Å²) in [4.78, 5) is 38.3. The van der Waals surface area contributed by atoms with Gasteiger partial charge < -0.3 is 4.84 Å². The van der Waals surface area contributed by atoms with E-state index in [9.17, 15) is 14.4 Å². The van der Waals surface area contributed by atoms with Gasteiger partial charge in [-0.05, 0) is 6.92 Å². The molecule has 88 valence electrons. The van der Waals surface area contributed by atoms with Crippen molar-refractivity contribution in [1.82, 2.24) is 9.13 Å². The van der Waals surface area contributed by atoms with E-state index in [4.69, 9.17) is 0 Å². The van der Waals surface area contributed by atoms with Crippen LogP contribution in [0.4, 0.5) is 5.82 Å². The summed E-state index contributed by atoms with van der Waals surface area (Å²) in [7, 11) is 2.86. The Morgan fingerprint density at radius 3 is 2.31 bits per heavy atom. The first-order chi connectivity index (χ1) is 7.36. The molecular weight excluding hydrogens is 214 g/mol. The van der Waals surface area contributed by atoms with E-state index in [2.05, 4.69) is 10.3 Å². The predicted octanol–water partition coefficient (Wildman–Crippen LogP) is -0.718. The highest BCUT2D eigenvalue weighted by molar-refractivity contribution is 5.67. The summed E-state index contributed by atoms with van der Waals surface area (Å²) in [5, 5.41) is 0. The highest BCUT2D eigenvalue weighted by Crippen LogP contribution is 2.05. The first-order valence-electron chi connectivity index (χ1n) is 4.56. The fourth-order valence-corrected chi connectivity index (χ4v) is 1.28. The quantitative estimate of drug-likeness (QED) is 0.674. The lowest BCUT2D eigenvalue weighted by molar-refractivity contribution is -0.138. The molecule has 0 saturated heterocycles. The third-order valence-electron chi connectivity index (χ3n) is 2.18. The van der Waals surface area contributed by atoms with Crippen molar-refractivity contribution in [2.24, 2.45) is 14.1 Å². The number of rotatable bonds is 2. The van der Waals surface area contributed by atoms with Crippen LogP contribution in [0.2, 0.25) is 0 Å². The van der Waals surface area contributed by atoms with Gasteiger partial charge in [-0.2, -0.15) is 0 Å². The lowest BCUT2D eigenvalue weighted by Crippen LogP contribution is -2.39. The van der Waals surface area contributed by atoms with Gasteiger partial charge in [0, 0.05) is 21.0 Å². The van der Waals surface area contributed by atoms with Gasteiger partial charge in [0.25, 0.3) is 5.56 Å². The average molecular weight is 227 g/mol. The fourth-order valence-electron chi connectivity index (χ4n) is 1.28. The van der Waals surface area contributed by atoms with Gasteiger partial charge >= 0.3 is 11.7 Å². The molecule has 1 aromatic rings. The van der Waals surface area contributed by atoms with E-state index in [-0.39, 0.29) is 5.82 Å². The van der Waals surface area contributed by atoms with Crippen molar-refractivity contribution in [3.63, 3.8) is 0 Å². The second-order valence-electron chi connectivity index (χ2n) is 3.38. The second-order valence-corrected chi connectivity index (χ2v) is 3.38. The number of hydrogen-bond donors (Lipinski definition) is 1. The molecule has 1 N–H and O–H groups in total. The van der Waals surface area contributed by atoms with E-state index in [1.807, 2.05) is 0 Å². The number of nitrogens with one attached hydrogen (secondary N) is 1. The smallest absolute Gasteiger partial charge is 0.332 e. The first kappa shape index (κ1) is 12.0. The minimum atomic E-state index is -0.562. The van der Waals surface area contributed by atoms with Crippen LogP contribution in [0.3, 0.4) is 0 Å². The van der Waals surface area contributed by atoms with Crippen LogP contribution in [0.25, 0.3) is 0 Å². The lowest BCUT2D eigenvalue weighted by Gasteiger charge is -2.13. The third kappa shape index (κ3) is 1.97.